The molecule has 0 bridgehead atoms. The molecule has 0 aliphatic carbocycles. The molecule has 1 aromatic carbocycles. The fourth-order valence-corrected chi connectivity index (χ4v) is 4.20. The molecular formula is C22H28N3. The van der Waals surface area contributed by atoms with Gasteiger partial charge in [-0.1, -0.05) is 24.6 Å². The summed E-state index contributed by atoms with van der Waals surface area (Å²) in [6.07, 6.45) is 6.57. The number of benzene rings is 1. The van der Waals surface area contributed by atoms with Gasteiger partial charge in [0.1, 0.15) is 5.82 Å². The Morgan fingerprint density at radius 1 is 1.08 bits per heavy atom. The molecule has 3 heterocycles. The van der Waals surface area contributed by atoms with E-state index in [4.69, 9.17) is 4.98 Å². The highest BCUT2D eigenvalue weighted by Gasteiger charge is 2.22. The van der Waals surface area contributed by atoms with Crippen LogP contribution in [-0.2, 0) is 6.54 Å². The third-order valence-electron chi connectivity index (χ3n) is 5.65. The largest absolute Gasteiger partial charge is 0.354 e. The molecular weight excluding hydrogens is 306 g/mol. The summed E-state index contributed by atoms with van der Waals surface area (Å²) in [6.45, 7) is 6.89. The standard InChI is InChI=1S/C22H28N3/c1-18-9-8-16-25(18)22-13-7-12-21(23-22)20-11-4-3-10-19(20)17-24-14-5-2-6-15-24/h3,7,10-13,18H,2,5-6,8-9,14-17H2,1H3. The number of nitrogens with zero attached hydrogens (tertiary/aromatic N) is 3. The maximum absolute atomic E-state index is 5.02. The molecule has 2 fully saturated rings. The second-order valence-electron chi connectivity index (χ2n) is 7.49. The lowest BCUT2D eigenvalue weighted by Gasteiger charge is -2.27. The van der Waals surface area contributed by atoms with E-state index in [0.29, 0.717) is 6.04 Å². The SMILES string of the molecule is CC1CCCN1c1cccc(-c2c[c]ccc2CN2CCCCC2)n1. The summed E-state index contributed by atoms with van der Waals surface area (Å²) in [5.74, 6) is 1.12. The van der Waals surface area contributed by atoms with Crippen molar-refractivity contribution in [1.82, 2.24) is 9.88 Å². The van der Waals surface area contributed by atoms with E-state index in [2.05, 4.69) is 53.1 Å². The molecule has 1 atom stereocenters. The van der Waals surface area contributed by atoms with E-state index in [-0.39, 0.29) is 0 Å². The second kappa shape index (κ2) is 7.57. The van der Waals surface area contributed by atoms with Gasteiger partial charge in [0.15, 0.2) is 0 Å². The lowest BCUT2D eigenvalue weighted by atomic mass is 10.0. The lowest BCUT2D eigenvalue weighted by Crippen LogP contribution is -2.29. The third-order valence-corrected chi connectivity index (χ3v) is 5.65. The first kappa shape index (κ1) is 16.6. The van der Waals surface area contributed by atoms with Crippen LogP contribution in [-0.4, -0.2) is 35.6 Å². The third kappa shape index (κ3) is 3.72. The van der Waals surface area contributed by atoms with Gasteiger partial charge in [0, 0.05) is 24.7 Å². The van der Waals surface area contributed by atoms with E-state index in [1.807, 2.05) is 6.07 Å². The first-order valence-corrected chi connectivity index (χ1v) is 9.77. The maximum Gasteiger partial charge on any atom is 0.129 e. The number of pyridine rings is 1. The monoisotopic (exact) mass is 334 g/mol. The van der Waals surface area contributed by atoms with Crippen LogP contribution >= 0.6 is 0 Å². The Hall–Kier alpha value is -1.87. The zero-order valence-corrected chi connectivity index (χ0v) is 15.2. The van der Waals surface area contributed by atoms with Gasteiger partial charge in [0.25, 0.3) is 0 Å². The van der Waals surface area contributed by atoms with E-state index in [1.165, 1.54) is 56.3 Å². The van der Waals surface area contributed by atoms with Crippen LogP contribution in [0.15, 0.2) is 36.4 Å². The number of aromatic nitrogens is 1. The number of likely N-dealkylation sites (tertiary alicyclic amines) is 1. The van der Waals surface area contributed by atoms with E-state index in [9.17, 15) is 0 Å². The van der Waals surface area contributed by atoms with Crippen molar-refractivity contribution in [2.45, 2.75) is 51.6 Å². The Kier molecular flexibility index (Phi) is 5.02. The average Bonchev–Trinajstić information content (AvgIpc) is 3.09. The first-order chi connectivity index (χ1) is 12.3. The van der Waals surface area contributed by atoms with Gasteiger partial charge in [-0.15, -0.1) is 0 Å². The van der Waals surface area contributed by atoms with Gasteiger partial charge in [-0.25, -0.2) is 4.98 Å². The van der Waals surface area contributed by atoms with Crippen LogP contribution in [0.3, 0.4) is 0 Å². The fourth-order valence-electron chi connectivity index (χ4n) is 4.20. The van der Waals surface area contributed by atoms with Crippen molar-refractivity contribution in [3.8, 4) is 11.3 Å². The van der Waals surface area contributed by atoms with E-state index in [1.54, 1.807) is 0 Å². The van der Waals surface area contributed by atoms with Gasteiger partial charge in [0.05, 0.1) is 5.69 Å². The lowest BCUT2D eigenvalue weighted by molar-refractivity contribution is 0.221. The minimum atomic E-state index is 0.595. The van der Waals surface area contributed by atoms with E-state index < -0.39 is 0 Å². The predicted molar refractivity (Wildman–Crippen MR) is 104 cm³/mol. The zero-order chi connectivity index (χ0) is 17.1. The molecule has 3 heteroatoms. The normalized spacial score (nSPS) is 21.6. The van der Waals surface area contributed by atoms with Crippen molar-refractivity contribution < 1.29 is 0 Å². The summed E-state index contributed by atoms with van der Waals surface area (Å²) in [5, 5.41) is 0. The second-order valence-corrected chi connectivity index (χ2v) is 7.49. The summed E-state index contributed by atoms with van der Waals surface area (Å²) >= 11 is 0. The molecule has 131 valence electrons. The molecule has 4 rings (SSSR count). The van der Waals surface area contributed by atoms with Crippen molar-refractivity contribution in [3.05, 3.63) is 48.0 Å². The topological polar surface area (TPSA) is 19.4 Å². The molecule has 3 nitrogen and oxygen atoms in total. The Bertz CT molecular complexity index is 706. The average molecular weight is 334 g/mol. The fraction of sp³-hybridized carbons (Fsp3) is 0.500. The summed E-state index contributed by atoms with van der Waals surface area (Å²) in [6, 6.07) is 16.7. The van der Waals surface area contributed by atoms with Crippen LogP contribution in [0.25, 0.3) is 11.3 Å². The minimum absolute atomic E-state index is 0.595. The van der Waals surface area contributed by atoms with Gasteiger partial charge in [-0.05, 0) is 75.5 Å². The van der Waals surface area contributed by atoms with Crippen molar-refractivity contribution in [2.75, 3.05) is 24.5 Å². The molecule has 1 radical (unpaired) electrons. The summed E-state index contributed by atoms with van der Waals surface area (Å²) in [5.41, 5.74) is 3.70. The van der Waals surface area contributed by atoms with Gasteiger partial charge < -0.3 is 4.90 Å². The maximum atomic E-state index is 5.02. The van der Waals surface area contributed by atoms with Crippen molar-refractivity contribution in [2.24, 2.45) is 0 Å². The quantitative estimate of drug-likeness (QED) is 0.819. The van der Waals surface area contributed by atoms with Crippen molar-refractivity contribution >= 4 is 5.82 Å². The molecule has 0 N–H and O–H groups in total. The van der Waals surface area contributed by atoms with Gasteiger partial charge in [-0.3, -0.25) is 4.90 Å². The Morgan fingerprint density at radius 3 is 2.76 bits per heavy atom. The summed E-state index contributed by atoms with van der Waals surface area (Å²) in [4.78, 5) is 10.0. The Balaban J connectivity index is 1.61. The molecule has 2 saturated heterocycles. The molecule has 2 aliphatic heterocycles. The number of hydrogen-bond acceptors (Lipinski definition) is 3. The van der Waals surface area contributed by atoms with Gasteiger partial charge >= 0.3 is 0 Å². The molecule has 25 heavy (non-hydrogen) atoms. The van der Waals surface area contributed by atoms with Crippen LogP contribution in [0.1, 0.15) is 44.6 Å². The minimum Gasteiger partial charge on any atom is -0.354 e. The zero-order valence-electron chi connectivity index (χ0n) is 15.2. The number of rotatable bonds is 4. The molecule has 0 saturated carbocycles. The van der Waals surface area contributed by atoms with Crippen LogP contribution in [0.5, 0.6) is 0 Å². The predicted octanol–water partition coefficient (Wildman–Crippen LogP) is 4.52. The highest BCUT2D eigenvalue weighted by molar-refractivity contribution is 5.65. The van der Waals surface area contributed by atoms with Crippen LogP contribution in [0.4, 0.5) is 5.82 Å². The highest BCUT2D eigenvalue weighted by Crippen LogP contribution is 2.28. The molecule has 2 aromatic rings. The van der Waals surface area contributed by atoms with Crippen molar-refractivity contribution in [1.29, 1.82) is 0 Å². The molecule has 2 aliphatic rings. The van der Waals surface area contributed by atoms with Gasteiger partial charge in [0.2, 0.25) is 0 Å². The Labute approximate surface area is 151 Å². The van der Waals surface area contributed by atoms with Crippen LogP contribution in [0, 0.1) is 6.07 Å². The molecule has 0 spiro atoms. The van der Waals surface area contributed by atoms with Crippen LogP contribution in [0.2, 0.25) is 0 Å². The smallest absolute Gasteiger partial charge is 0.129 e. The molecule has 0 amide bonds. The van der Waals surface area contributed by atoms with E-state index in [0.717, 1.165) is 24.6 Å². The summed E-state index contributed by atoms with van der Waals surface area (Å²) < 4.78 is 0. The Morgan fingerprint density at radius 2 is 1.96 bits per heavy atom. The summed E-state index contributed by atoms with van der Waals surface area (Å²) in [7, 11) is 0. The van der Waals surface area contributed by atoms with Crippen molar-refractivity contribution in [3.63, 3.8) is 0 Å². The van der Waals surface area contributed by atoms with Crippen LogP contribution < -0.4 is 4.90 Å². The molecule has 1 unspecified atom stereocenters. The van der Waals surface area contributed by atoms with E-state index >= 15 is 0 Å². The van der Waals surface area contributed by atoms with Gasteiger partial charge in [-0.2, -0.15) is 0 Å². The number of anilines is 1. The number of hydrogen-bond donors (Lipinski definition) is 0. The first-order valence-electron chi connectivity index (χ1n) is 9.77. The number of piperidine rings is 1. The molecule has 1 aromatic heterocycles. The highest BCUT2D eigenvalue weighted by atomic mass is 15.2.